The second kappa shape index (κ2) is 6.09. The van der Waals surface area contributed by atoms with Gasteiger partial charge in [0, 0.05) is 19.1 Å². The molecule has 0 amide bonds. The van der Waals surface area contributed by atoms with Crippen LogP contribution in [0.2, 0.25) is 0 Å². The third-order valence-electron chi connectivity index (χ3n) is 3.47. The van der Waals surface area contributed by atoms with Crippen LogP contribution < -0.4 is 10.2 Å². The first-order chi connectivity index (χ1) is 8.76. The molecule has 2 heterocycles. The Morgan fingerprint density at radius 2 is 2.06 bits per heavy atom. The first-order valence-electron chi connectivity index (χ1n) is 6.74. The van der Waals surface area contributed by atoms with Crippen LogP contribution in [0, 0.1) is 5.82 Å². The minimum absolute atomic E-state index is 0.248. The lowest BCUT2D eigenvalue weighted by Crippen LogP contribution is -2.43. The summed E-state index contributed by atoms with van der Waals surface area (Å²) in [5.74, 6) is 0.221. The lowest BCUT2D eigenvalue weighted by atomic mass is 10.0. The van der Waals surface area contributed by atoms with Crippen molar-refractivity contribution in [2.45, 2.75) is 39.2 Å². The molecular formula is C13H21FN4. The SMILES string of the molecule is CCNC1CCN(c2ncnc(CC)c2F)CC1. The molecule has 1 aromatic heterocycles. The zero-order valence-corrected chi connectivity index (χ0v) is 11.1. The number of piperidine rings is 1. The maximum Gasteiger partial charge on any atom is 0.187 e. The van der Waals surface area contributed by atoms with Gasteiger partial charge in [0.15, 0.2) is 11.6 Å². The smallest absolute Gasteiger partial charge is 0.187 e. The van der Waals surface area contributed by atoms with E-state index in [2.05, 4.69) is 22.2 Å². The summed E-state index contributed by atoms with van der Waals surface area (Å²) in [5, 5.41) is 3.44. The Hall–Kier alpha value is -1.23. The monoisotopic (exact) mass is 252 g/mol. The molecule has 2 rings (SSSR count). The van der Waals surface area contributed by atoms with E-state index in [9.17, 15) is 4.39 Å². The van der Waals surface area contributed by atoms with E-state index in [1.165, 1.54) is 6.33 Å². The second-order valence-electron chi connectivity index (χ2n) is 4.63. The van der Waals surface area contributed by atoms with E-state index >= 15 is 0 Å². The van der Waals surface area contributed by atoms with Crippen LogP contribution in [0.1, 0.15) is 32.4 Å². The molecule has 1 saturated heterocycles. The Morgan fingerprint density at radius 3 is 2.67 bits per heavy atom. The molecule has 0 saturated carbocycles. The van der Waals surface area contributed by atoms with Crippen LogP contribution in [0.3, 0.4) is 0 Å². The topological polar surface area (TPSA) is 41.0 Å². The Labute approximate surface area is 108 Å². The maximum absolute atomic E-state index is 14.1. The molecule has 100 valence electrons. The van der Waals surface area contributed by atoms with Crippen molar-refractivity contribution in [3.05, 3.63) is 17.8 Å². The molecule has 0 atom stereocenters. The van der Waals surface area contributed by atoms with E-state index in [0.717, 1.165) is 32.5 Å². The summed E-state index contributed by atoms with van der Waals surface area (Å²) >= 11 is 0. The van der Waals surface area contributed by atoms with E-state index in [1.54, 1.807) is 0 Å². The fourth-order valence-corrected chi connectivity index (χ4v) is 2.45. The molecule has 0 spiro atoms. The van der Waals surface area contributed by atoms with E-state index in [-0.39, 0.29) is 5.82 Å². The van der Waals surface area contributed by atoms with Gasteiger partial charge < -0.3 is 10.2 Å². The fraction of sp³-hybridized carbons (Fsp3) is 0.692. The number of aromatic nitrogens is 2. The van der Waals surface area contributed by atoms with Crippen LogP contribution >= 0.6 is 0 Å². The Kier molecular flexibility index (Phi) is 4.47. The van der Waals surface area contributed by atoms with E-state index < -0.39 is 0 Å². The third-order valence-corrected chi connectivity index (χ3v) is 3.47. The highest BCUT2D eigenvalue weighted by atomic mass is 19.1. The van der Waals surface area contributed by atoms with Crippen molar-refractivity contribution in [2.24, 2.45) is 0 Å². The van der Waals surface area contributed by atoms with Crippen LogP contribution in [0.4, 0.5) is 10.2 Å². The number of aryl methyl sites for hydroxylation is 1. The Balaban J connectivity index is 2.05. The highest BCUT2D eigenvalue weighted by Crippen LogP contribution is 2.22. The maximum atomic E-state index is 14.1. The van der Waals surface area contributed by atoms with Crippen molar-refractivity contribution in [3.8, 4) is 0 Å². The molecule has 18 heavy (non-hydrogen) atoms. The minimum atomic E-state index is -0.248. The first kappa shape index (κ1) is 13.2. The van der Waals surface area contributed by atoms with Crippen molar-refractivity contribution >= 4 is 5.82 Å². The van der Waals surface area contributed by atoms with E-state index in [0.29, 0.717) is 24.0 Å². The number of hydrogen-bond donors (Lipinski definition) is 1. The molecule has 1 aliphatic rings. The van der Waals surface area contributed by atoms with Gasteiger partial charge in [-0.15, -0.1) is 0 Å². The van der Waals surface area contributed by atoms with Gasteiger partial charge in [-0.2, -0.15) is 0 Å². The molecule has 0 aromatic carbocycles. The van der Waals surface area contributed by atoms with Crippen LogP contribution in [0.25, 0.3) is 0 Å². The summed E-state index contributed by atoms with van der Waals surface area (Å²) in [6.45, 7) is 6.73. The normalized spacial score (nSPS) is 17.2. The molecule has 1 aromatic rings. The standard InChI is InChI=1S/C13H21FN4/c1-3-11-12(14)13(17-9-16-11)18-7-5-10(6-8-18)15-4-2/h9-10,15H,3-8H2,1-2H3. The van der Waals surface area contributed by atoms with Gasteiger partial charge in [0.1, 0.15) is 6.33 Å². The summed E-state index contributed by atoms with van der Waals surface area (Å²) in [6.07, 6.45) is 4.15. The summed E-state index contributed by atoms with van der Waals surface area (Å²) in [7, 11) is 0. The highest BCUT2D eigenvalue weighted by Gasteiger charge is 2.22. The molecule has 1 aliphatic heterocycles. The molecule has 0 radical (unpaired) electrons. The fourth-order valence-electron chi connectivity index (χ4n) is 2.45. The van der Waals surface area contributed by atoms with Gasteiger partial charge in [0.05, 0.1) is 5.69 Å². The van der Waals surface area contributed by atoms with Gasteiger partial charge >= 0.3 is 0 Å². The van der Waals surface area contributed by atoms with Gasteiger partial charge in [0.2, 0.25) is 0 Å². The van der Waals surface area contributed by atoms with Crippen molar-refractivity contribution < 1.29 is 4.39 Å². The molecule has 0 aliphatic carbocycles. The zero-order valence-electron chi connectivity index (χ0n) is 11.1. The number of nitrogens with zero attached hydrogens (tertiary/aromatic N) is 3. The predicted octanol–water partition coefficient (Wildman–Crippen LogP) is 1.76. The predicted molar refractivity (Wildman–Crippen MR) is 70.3 cm³/mol. The minimum Gasteiger partial charge on any atom is -0.354 e. The van der Waals surface area contributed by atoms with Crippen LogP contribution in [0.15, 0.2) is 6.33 Å². The van der Waals surface area contributed by atoms with Crippen molar-refractivity contribution in [1.29, 1.82) is 0 Å². The van der Waals surface area contributed by atoms with Crippen molar-refractivity contribution in [3.63, 3.8) is 0 Å². The third kappa shape index (κ3) is 2.77. The summed E-state index contributed by atoms with van der Waals surface area (Å²) < 4.78 is 14.1. The number of nitrogens with one attached hydrogen (secondary N) is 1. The first-order valence-corrected chi connectivity index (χ1v) is 6.74. The average Bonchev–Trinajstić information content (AvgIpc) is 2.41. The zero-order chi connectivity index (χ0) is 13.0. The summed E-state index contributed by atoms with van der Waals surface area (Å²) in [5.41, 5.74) is 0.508. The van der Waals surface area contributed by atoms with E-state index in [1.807, 2.05) is 11.8 Å². The molecule has 0 bridgehead atoms. The number of anilines is 1. The lowest BCUT2D eigenvalue weighted by molar-refractivity contribution is 0.418. The van der Waals surface area contributed by atoms with Gasteiger partial charge in [0.25, 0.3) is 0 Å². The molecule has 1 fully saturated rings. The summed E-state index contributed by atoms with van der Waals surface area (Å²) in [4.78, 5) is 10.1. The van der Waals surface area contributed by atoms with Gasteiger partial charge in [-0.1, -0.05) is 13.8 Å². The number of halogens is 1. The number of rotatable bonds is 4. The Bertz CT molecular complexity index is 389. The average molecular weight is 252 g/mol. The second-order valence-corrected chi connectivity index (χ2v) is 4.63. The molecule has 5 heteroatoms. The lowest BCUT2D eigenvalue weighted by Gasteiger charge is -2.33. The van der Waals surface area contributed by atoms with Crippen molar-refractivity contribution in [2.75, 3.05) is 24.5 Å². The van der Waals surface area contributed by atoms with Crippen LogP contribution in [0.5, 0.6) is 0 Å². The van der Waals surface area contributed by atoms with Crippen LogP contribution in [-0.2, 0) is 6.42 Å². The van der Waals surface area contributed by atoms with Gasteiger partial charge in [-0.25, -0.2) is 14.4 Å². The molecule has 0 unspecified atom stereocenters. The highest BCUT2D eigenvalue weighted by molar-refractivity contribution is 5.41. The number of hydrogen-bond acceptors (Lipinski definition) is 4. The summed E-state index contributed by atoms with van der Waals surface area (Å²) in [6, 6.07) is 0.557. The largest absolute Gasteiger partial charge is 0.354 e. The molecule has 4 nitrogen and oxygen atoms in total. The van der Waals surface area contributed by atoms with Gasteiger partial charge in [-0.05, 0) is 25.8 Å². The van der Waals surface area contributed by atoms with E-state index in [4.69, 9.17) is 0 Å². The quantitative estimate of drug-likeness (QED) is 0.886. The molecule has 1 N–H and O–H groups in total. The Morgan fingerprint density at radius 1 is 1.33 bits per heavy atom. The van der Waals surface area contributed by atoms with Crippen molar-refractivity contribution in [1.82, 2.24) is 15.3 Å². The van der Waals surface area contributed by atoms with Crippen LogP contribution in [-0.4, -0.2) is 35.6 Å². The van der Waals surface area contributed by atoms with Gasteiger partial charge in [-0.3, -0.25) is 0 Å². The molecular weight excluding hydrogens is 231 g/mol.